The van der Waals surface area contributed by atoms with Crippen LogP contribution in [0.5, 0.6) is 5.75 Å². The van der Waals surface area contributed by atoms with E-state index in [1.54, 1.807) is 18.2 Å². The first kappa shape index (κ1) is 17.4. The number of nitrogens with two attached hydrogens (primary N) is 1. The summed E-state index contributed by atoms with van der Waals surface area (Å²) in [5.74, 6) is -5.41. The van der Waals surface area contributed by atoms with Gasteiger partial charge in [0.2, 0.25) is 0 Å². The molecule has 2 rings (SSSR count). The standard InChI is InChI=1S/C14H9F5N2O3/c15-9-8(14(17,18)19)12(21(22)23)11(20)10(16)13(9)24-6-7-4-2-1-3-5-7/h1-5H,6,20H2. The lowest BCUT2D eigenvalue weighted by atomic mass is 10.1. The molecule has 0 aromatic heterocycles. The van der Waals surface area contributed by atoms with E-state index in [4.69, 9.17) is 10.5 Å². The summed E-state index contributed by atoms with van der Waals surface area (Å²) in [5.41, 5.74) is -0.140. The van der Waals surface area contributed by atoms with Crippen molar-refractivity contribution in [2.45, 2.75) is 12.8 Å². The fraction of sp³-hybridized carbons (Fsp3) is 0.143. The molecule has 0 radical (unpaired) electrons. The van der Waals surface area contributed by atoms with E-state index in [0.29, 0.717) is 5.56 Å². The molecule has 0 atom stereocenters. The van der Waals surface area contributed by atoms with Crippen LogP contribution in [0.3, 0.4) is 0 Å². The number of ether oxygens (including phenoxy) is 1. The lowest BCUT2D eigenvalue weighted by Crippen LogP contribution is -2.16. The van der Waals surface area contributed by atoms with Gasteiger partial charge in [-0.25, -0.2) is 8.78 Å². The summed E-state index contributed by atoms with van der Waals surface area (Å²) in [6.07, 6.45) is -5.46. The third-order valence-electron chi connectivity index (χ3n) is 3.04. The molecule has 0 fully saturated rings. The number of hydrogen-bond donors (Lipinski definition) is 1. The molecular formula is C14H9F5N2O3. The molecule has 0 bridgehead atoms. The van der Waals surface area contributed by atoms with Gasteiger partial charge < -0.3 is 10.5 Å². The van der Waals surface area contributed by atoms with Crippen LogP contribution < -0.4 is 10.5 Å². The first-order chi connectivity index (χ1) is 11.1. The molecule has 0 aliphatic rings. The van der Waals surface area contributed by atoms with Gasteiger partial charge in [-0.05, 0) is 5.56 Å². The number of nitro benzene ring substituents is 1. The molecule has 0 amide bonds. The van der Waals surface area contributed by atoms with Gasteiger partial charge in [-0.15, -0.1) is 0 Å². The van der Waals surface area contributed by atoms with Crippen molar-refractivity contribution in [3.8, 4) is 5.75 Å². The topological polar surface area (TPSA) is 78.4 Å². The molecule has 5 nitrogen and oxygen atoms in total. The molecule has 0 aliphatic heterocycles. The Bertz CT molecular complexity index is 778. The highest BCUT2D eigenvalue weighted by Crippen LogP contribution is 2.46. The molecule has 0 saturated carbocycles. The van der Waals surface area contributed by atoms with Crippen LogP contribution >= 0.6 is 0 Å². The summed E-state index contributed by atoms with van der Waals surface area (Å²) in [5, 5.41) is 10.7. The van der Waals surface area contributed by atoms with Crippen LogP contribution in [0.1, 0.15) is 11.1 Å². The minimum Gasteiger partial charge on any atom is -0.483 e. The summed E-state index contributed by atoms with van der Waals surface area (Å²) < 4.78 is 71.7. The molecule has 2 N–H and O–H groups in total. The lowest BCUT2D eigenvalue weighted by molar-refractivity contribution is -0.387. The van der Waals surface area contributed by atoms with E-state index in [0.717, 1.165) is 0 Å². The third-order valence-corrected chi connectivity index (χ3v) is 3.04. The zero-order valence-corrected chi connectivity index (χ0v) is 11.7. The van der Waals surface area contributed by atoms with Gasteiger partial charge in [-0.2, -0.15) is 13.2 Å². The molecule has 10 heteroatoms. The van der Waals surface area contributed by atoms with Gasteiger partial charge in [-0.1, -0.05) is 30.3 Å². The van der Waals surface area contributed by atoms with Crippen molar-refractivity contribution in [2.24, 2.45) is 0 Å². The fourth-order valence-electron chi connectivity index (χ4n) is 1.98. The fourth-order valence-corrected chi connectivity index (χ4v) is 1.98. The molecule has 0 saturated heterocycles. The number of nitro groups is 1. The maximum Gasteiger partial charge on any atom is 0.426 e. The maximum atomic E-state index is 14.1. The Morgan fingerprint density at radius 1 is 1.12 bits per heavy atom. The van der Waals surface area contributed by atoms with Crippen LogP contribution in [-0.2, 0) is 12.8 Å². The minimum absolute atomic E-state index is 0.418. The van der Waals surface area contributed by atoms with Gasteiger partial charge >= 0.3 is 11.9 Å². The van der Waals surface area contributed by atoms with Gasteiger partial charge in [0, 0.05) is 0 Å². The van der Waals surface area contributed by atoms with Crippen molar-refractivity contribution in [3.63, 3.8) is 0 Å². The van der Waals surface area contributed by atoms with Crippen LogP contribution in [0.4, 0.5) is 33.3 Å². The van der Waals surface area contributed by atoms with Crippen LogP contribution in [-0.4, -0.2) is 4.92 Å². The van der Waals surface area contributed by atoms with Crippen molar-refractivity contribution < 1.29 is 31.6 Å². The summed E-state index contributed by atoms with van der Waals surface area (Å²) in [6.45, 7) is -0.455. The lowest BCUT2D eigenvalue weighted by Gasteiger charge is -2.15. The second-order valence-electron chi connectivity index (χ2n) is 4.62. The molecule has 2 aromatic carbocycles. The van der Waals surface area contributed by atoms with E-state index < -0.39 is 52.0 Å². The van der Waals surface area contributed by atoms with Crippen LogP contribution in [0.2, 0.25) is 0 Å². The number of anilines is 1. The van der Waals surface area contributed by atoms with E-state index in [2.05, 4.69) is 0 Å². The highest BCUT2D eigenvalue weighted by molar-refractivity contribution is 5.68. The zero-order valence-electron chi connectivity index (χ0n) is 11.7. The first-order valence-corrected chi connectivity index (χ1v) is 6.33. The molecule has 0 spiro atoms. The van der Waals surface area contributed by atoms with Crippen molar-refractivity contribution in [2.75, 3.05) is 5.73 Å². The summed E-state index contributed by atoms with van der Waals surface area (Å²) in [4.78, 5) is 9.14. The monoisotopic (exact) mass is 348 g/mol. The Hall–Kier alpha value is -2.91. The largest absolute Gasteiger partial charge is 0.483 e. The van der Waals surface area contributed by atoms with Crippen molar-refractivity contribution in [1.82, 2.24) is 0 Å². The highest BCUT2D eigenvalue weighted by atomic mass is 19.4. The van der Waals surface area contributed by atoms with Gasteiger partial charge in [0.05, 0.1) is 4.92 Å². The van der Waals surface area contributed by atoms with E-state index in [1.165, 1.54) is 12.1 Å². The molecule has 0 aliphatic carbocycles. The van der Waals surface area contributed by atoms with Gasteiger partial charge in [0.25, 0.3) is 0 Å². The van der Waals surface area contributed by atoms with Gasteiger partial charge in [0.15, 0.2) is 28.6 Å². The maximum absolute atomic E-state index is 14.1. The summed E-state index contributed by atoms with van der Waals surface area (Å²) in [7, 11) is 0. The average molecular weight is 348 g/mol. The minimum atomic E-state index is -5.46. The number of benzene rings is 2. The number of halogens is 5. The third kappa shape index (κ3) is 3.21. The van der Waals surface area contributed by atoms with E-state index in [1.807, 2.05) is 0 Å². The average Bonchev–Trinajstić information content (AvgIpc) is 2.50. The van der Waals surface area contributed by atoms with Crippen LogP contribution in [0.15, 0.2) is 30.3 Å². The van der Waals surface area contributed by atoms with Crippen molar-refractivity contribution in [3.05, 3.63) is 63.2 Å². The van der Waals surface area contributed by atoms with E-state index in [-0.39, 0.29) is 0 Å². The Kier molecular flexibility index (Phi) is 4.58. The van der Waals surface area contributed by atoms with E-state index >= 15 is 0 Å². The van der Waals surface area contributed by atoms with E-state index in [9.17, 15) is 32.1 Å². The van der Waals surface area contributed by atoms with Gasteiger partial charge in [-0.3, -0.25) is 10.1 Å². The molecule has 128 valence electrons. The Morgan fingerprint density at radius 2 is 1.71 bits per heavy atom. The number of nitrogen functional groups attached to an aromatic ring is 1. The number of hydrogen-bond acceptors (Lipinski definition) is 4. The SMILES string of the molecule is Nc1c(F)c(OCc2ccccc2)c(F)c(C(F)(F)F)c1[N+](=O)[O-]. The molecule has 0 unspecified atom stereocenters. The zero-order chi connectivity index (χ0) is 18.1. The number of nitrogens with zero attached hydrogens (tertiary/aromatic N) is 1. The van der Waals surface area contributed by atoms with Crippen LogP contribution in [0, 0.1) is 21.7 Å². The number of alkyl halides is 3. The Labute approximate surface area is 131 Å². The summed E-state index contributed by atoms with van der Waals surface area (Å²) >= 11 is 0. The Balaban J connectivity index is 2.57. The Morgan fingerprint density at radius 3 is 2.21 bits per heavy atom. The first-order valence-electron chi connectivity index (χ1n) is 6.33. The smallest absolute Gasteiger partial charge is 0.426 e. The summed E-state index contributed by atoms with van der Waals surface area (Å²) in [6, 6.07) is 7.83. The second-order valence-corrected chi connectivity index (χ2v) is 4.62. The molecule has 2 aromatic rings. The van der Waals surface area contributed by atoms with Crippen molar-refractivity contribution in [1.29, 1.82) is 0 Å². The molecular weight excluding hydrogens is 339 g/mol. The number of rotatable bonds is 4. The predicted molar refractivity (Wildman–Crippen MR) is 73.2 cm³/mol. The van der Waals surface area contributed by atoms with Crippen molar-refractivity contribution >= 4 is 11.4 Å². The normalized spacial score (nSPS) is 11.4. The molecule has 0 heterocycles. The highest BCUT2D eigenvalue weighted by Gasteiger charge is 2.46. The van der Waals surface area contributed by atoms with Crippen LogP contribution in [0.25, 0.3) is 0 Å². The second kappa shape index (κ2) is 6.30. The quantitative estimate of drug-likeness (QED) is 0.391. The van der Waals surface area contributed by atoms with Gasteiger partial charge in [0.1, 0.15) is 6.61 Å². The molecule has 24 heavy (non-hydrogen) atoms. The predicted octanol–water partition coefficient (Wildman–Crippen LogP) is 4.05.